The van der Waals surface area contributed by atoms with Crippen LogP contribution in [0.3, 0.4) is 0 Å². The molecule has 3 heteroatoms. The number of amides is 1. The van der Waals surface area contributed by atoms with Crippen molar-refractivity contribution in [1.29, 1.82) is 0 Å². The first-order chi connectivity index (χ1) is 5.22. The molecular weight excluding hydrogens is 140 g/mol. The van der Waals surface area contributed by atoms with Crippen LogP contribution in [0.2, 0.25) is 0 Å². The smallest absolute Gasteiger partial charge is 0.220 e. The van der Waals surface area contributed by atoms with Crippen LogP contribution >= 0.6 is 0 Å². The second kappa shape index (κ2) is 6.16. The fourth-order valence-corrected chi connectivity index (χ4v) is 1.10. The van der Waals surface area contributed by atoms with Gasteiger partial charge in [-0.2, -0.15) is 0 Å². The normalized spacial score (nSPS) is 12.9. The average molecular weight is 158 g/mol. The van der Waals surface area contributed by atoms with Gasteiger partial charge in [0.15, 0.2) is 0 Å². The third-order valence-electron chi connectivity index (χ3n) is 1.78. The Labute approximate surface area is 68.3 Å². The molecule has 0 aliphatic carbocycles. The Morgan fingerprint density at radius 1 is 1.55 bits per heavy atom. The zero-order chi connectivity index (χ0) is 8.69. The molecule has 1 atom stereocenters. The van der Waals surface area contributed by atoms with E-state index in [-0.39, 0.29) is 11.8 Å². The van der Waals surface area contributed by atoms with Gasteiger partial charge in [-0.05, 0) is 26.4 Å². The standard InChI is InChI=1S/C8H18N2O/c1-3-4-7(8(9)11)5-6-10-2/h7,10H,3-6H2,1-2H3,(H2,9,11). The number of carbonyl (C=O) groups excluding carboxylic acids is 1. The van der Waals surface area contributed by atoms with Crippen molar-refractivity contribution >= 4 is 5.91 Å². The summed E-state index contributed by atoms with van der Waals surface area (Å²) in [5, 5.41) is 3.00. The first-order valence-corrected chi connectivity index (χ1v) is 4.16. The van der Waals surface area contributed by atoms with Crippen molar-refractivity contribution in [2.45, 2.75) is 26.2 Å². The van der Waals surface area contributed by atoms with Gasteiger partial charge in [-0.25, -0.2) is 0 Å². The Morgan fingerprint density at radius 3 is 2.55 bits per heavy atom. The molecule has 0 aliphatic rings. The fraction of sp³-hybridized carbons (Fsp3) is 0.875. The summed E-state index contributed by atoms with van der Waals surface area (Å²) in [6, 6.07) is 0. The molecule has 0 rings (SSSR count). The highest BCUT2D eigenvalue weighted by Crippen LogP contribution is 2.08. The van der Waals surface area contributed by atoms with E-state index in [2.05, 4.69) is 12.2 Å². The zero-order valence-electron chi connectivity index (χ0n) is 7.39. The molecule has 11 heavy (non-hydrogen) atoms. The van der Waals surface area contributed by atoms with Crippen LogP contribution < -0.4 is 11.1 Å². The molecule has 0 aromatic rings. The molecule has 0 saturated carbocycles. The van der Waals surface area contributed by atoms with E-state index in [9.17, 15) is 4.79 Å². The summed E-state index contributed by atoms with van der Waals surface area (Å²) in [7, 11) is 1.88. The predicted molar refractivity (Wildman–Crippen MR) is 46.1 cm³/mol. The molecule has 0 saturated heterocycles. The summed E-state index contributed by atoms with van der Waals surface area (Å²) in [6.07, 6.45) is 2.80. The van der Waals surface area contributed by atoms with Crippen LogP contribution in [0.4, 0.5) is 0 Å². The molecule has 0 radical (unpaired) electrons. The van der Waals surface area contributed by atoms with Gasteiger partial charge in [0.25, 0.3) is 0 Å². The molecule has 1 amide bonds. The van der Waals surface area contributed by atoms with Gasteiger partial charge in [-0.3, -0.25) is 4.79 Å². The topological polar surface area (TPSA) is 55.1 Å². The maximum atomic E-state index is 10.8. The Morgan fingerprint density at radius 2 is 2.18 bits per heavy atom. The van der Waals surface area contributed by atoms with Gasteiger partial charge in [0.2, 0.25) is 5.91 Å². The highest BCUT2D eigenvalue weighted by atomic mass is 16.1. The van der Waals surface area contributed by atoms with Crippen molar-refractivity contribution in [1.82, 2.24) is 5.32 Å². The zero-order valence-corrected chi connectivity index (χ0v) is 7.39. The van der Waals surface area contributed by atoms with Crippen LogP contribution in [-0.2, 0) is 4.79 Å². The summed E-state index contributed by atoms with van der Waals surface area (Å²) < 4.78 is 0. The monoisotopic (exact) mass is 158 g/mol. The minimum absolute atomic E-state index is 0.0625. The Bertz CT molecular complexity index is 115. The maximum absolute atomic E-state index is 10.8. The molecule has 0 aromatic heterocycles. The molecule has 66 valence electrons. The molecule has 0 bridgehead atoms. The molecule has 0 aliphatic heterocycles. The van der Waals surface area contributed by atoms with Crippen LogP contribution in [0.15, 0.2) is 0 Å². The second-order valence-electron chi connectivity index (χ2n) is 2.78. The third-order valence-corrected chi connectivity index (χ3v) is 1.78. The van der Waals surface area contributed by atoms with Gasteiger partial charge in [0.1, 0.15) is 0 Å². The van der Waals surface area contributed by atoms with Gasteiger partial charge < -0.3 is 11.1 Å². The molecule has 0 spiro atoms. The Hall–Kier alpha value is -0.570. The van der Waals surface area contributed by atoms with E-state index < -0.39 is 0 Å². The highest BCUT2D eigenvalue weighted by Gasteiger charge is 2.12. The van der Waals surface area contributed by atoms with Crippen molar-refractivity contribution in [3.63, 3.8) is 0 Å². The summed E-state index contributed by atoms with van der Waals surface area (Å²) in [5.41, 5.74) is 5.20. The largest absolute Gasteiger partial charge is 0.369 e. The van der Waals surface area contributed by atoms with Crippen LogP contribution in [-0.4, -0.2) is 19.5 Å². The first-order valence-electron chi connectivity index (χ1n) is 4.16. The lowest BCUT2D eigenvalue weighted by Gasteiger charge is -2.10. The molecule has 3 nitrogen and oxygen atoms in total. The van der Waals surface area contributed by atoms with Gasteiger partial charge in [-0.1, -0.05) is 13.3 Å². The number of hydrogen-bond acceptors (Lipinski definition) is 2. The van der Waals surface area contributed by atoms with Gasteiger partial charge in [0, 0.05) is 5.92 Å². The number of carbonyl (C=O) groups is 1. The average Bonchev–Trinajstić information content (AvgIpc) is 1.97. The van der Waals surface area contributed by atoms with E-state index in [0.717, 1.165) is 25.8 Å². The van der Waals surface area contributed by atoms with Crippen molar-refractivity contribution in [3.05, 3.63) is 0 Å². The number of rotatable bonds is 6. The lowest BCUT2D eigenvalue weighted by atomic mass is 9.99. The Kier molecular flexibility index (Phi) is 5.84. The van der Waals surface area contributed by atoms with Crippen molar-refractivity contribution in [2.24, 2.45) is 11.7 Å². The Balaban J connectivity index is 3.60. The highest BCUT2D eigenvalue weighted by molar-refractivity contribution is 5.76. The van der Waals surface area contributed by atoms with Crippen LogP contribution in [0.5, 0.6) is 0 Å². The van der Waals surface area contributed by atoms with Crippen molar-refractivity contribution in [2.75, 3.05) is 13.6 Å². The number of primary amides is 1. The second-order valence-corrected chi connectivity index (χ2v) is 2.78. The quantitative estimate of drug-likeness (QED) is 0.591. The van der Waals surface area contributed by atoms with Crippen molar-refractivity contribution in [3.8, 4) is 0 Å². The minimum Gasteiger partial charge on any atom is -0.369 e. The van der Waals surface area contributed by atoms with Crippen LogP contribution in [0.25, 0.3) is 0 Å². The molecular formula is C8H18N2O. The van der Waals surface area contributed by atoms with Gasteiger partial charge in [0.05, 0.1) is 0 Å². The van der Waals surface area contributed by atoms with E-state index in [1.165, 1.54) is 0 Å². The number of hydrogen-bond donors (Lipinski definition) is 2. The number of nitrogens with one attached hydrogen (secondary N) is 1. The van der Waals surface area contributed by atoms with Crippen LogP contribution in [0, 0.1) is 5.92 Å². The van der Waals surface area contributed by atoms with E-state index in [0.29, 0.717) is 0 Å². The van der Waals surface area contributed by atoms with Gasteiger partial charge in [-0.15, -0.1) is 0 Å². The third kappa shape index (κ3) is 4.79. The van der Waals surface area contributed by atoms with E-state index in [4.69, 9.17) is 5.73 Å². The first kappa shape index (κ1) is 10.4. The minimum atomic E-state index is -0.165. The predicted octanol–water partition coefficient (Wildman–Crippen LogP) is 0.497. The molecule has 0 fully saturated rings. The molecule has 3 N–H and O–H groups in total. The number of nitrogens with two attached hydrogens (primary N) is 1. The van der Waals surface area contributed by atoms with Gasteiger partial charge >= 0.3 is 0 Å². The van der Waals surface area contributed by atoms with E-state index in [1.807, 2.05) is 7.05 Å². The van der Waals surface area contributed by atoms with Crippen molar-refractivity contribution < 1.29 is 4.79 Å². The van der Waals surface area contributed by atoms with Crippen LogP contribution in [0.1, 0.15) is 26.2 Å². The summed E-state index contributed by atoms with van der Waals surface area (Å²) in [4.78, 5) is 10.8. The SMILES string of the molecule is CCCC(CCNC)C(N)=O. The molecule has 0 aromatic carbocycles. The molecule has 0 heterocycles. The lowest BCUT2D eigenvalue weighted by Crippen LogP contribution is -2.26. The summed E-state index contributed by atoms with van der Waals surface area (Å²) in [6.45, 7) is 2.93. The summed E-state index contributed by atoms with van der Waals surface area (Å²) in [5.74, 6) is -0.102. The lowest BCUT2D eigenvalue weighted by molar-refractivity contribution is -0.122. The van der Waals surface area contributed by atoms with E-state index >= 15 is 0 Å². The van der Waals surface area contributed by atoms with E-state index in [1.54, 1.807) is 0 Å². The fourth-order valence-electron chi connectivity index (χ4n) is 1.10. The summed E-state index contributed by atoms with van der Waals surface area (Å²) >= 11 is 0. The molecule has 1 unspecified atom stereocenters. The maximum Gasteiger partial charge on any atom is 0.220 e.